The Morgan fingerprint density at radius 2 is 0.968 bits per heavy atom. The van der Waals surface area contributed by atoms with Gasteiger partial charge in [0.2, 0.25) is 0 Å². The molecule has 1 aromatic carbocycles. The highest BCUT2D eigenvalue weighted by atomic mass is 19.1. The van der Waals surface area contributed by atoms with Gasteiger partial charge in [0.05, 0.1) is 6.67 Å². The number of hydrogen-bond donors (Lipinski definition) is 0. The van der Waals surface area contributed by atoms with Crippen LogP contribution in [0.2, 0.25) is 0 Å². The lowest BCUT2D eigenvalue weighted by Crippen LogP contribution is -2.29. The second-order valence-corrected chi connectivity index (χ2v) is 11.4. The van der Waals surface area contributed by atoms with Crippen LogP contribution in [0.5, 0.6) is 0 Å². The van der Waals surface area contributed by atoms with E-state index in [9.17, 15) is 4.39 Å². The predicted molar refractivity (Wildman–Crippen MR) is 131 cm³/mol. The molecule has 0 aliphatic heterocycles. The van der Waals surface area contributed by atoms with Gasteiger partial charge in [-0.15, -0.1) is 0 Å². The number of hydrogen-bond acceptors (Lipinski definition) is 0. The molecule has 3 fully saturated rings. The van der Waals surface area contributed by atoms with Crippen molar-refractivity contribution in [1.29, 1.82) is 0 Å². The number of rotatable bonds is 8. The van der Waals surface area contributed by atoms with E-state index in [-0.39, 0.29) is 6.67 Å². The van der Waals surface area contributed by atoms with Crippen LogP contribution in [-0.4, -0.2) is 6.67 Å². The molecule has 1 heteroatoms. The summed E-state index contributed by atoms with van der Waals surface area (Å²) >= 11 is 0. The molecule has 4 rings (SSSR count). The Kier molecular flexibility index (Phi) is 8.91. The third-order valence-corrected chi connectivity index (χ3v) is 9.76. The molecule has 0 atom stereocenters. The van der Waals surface area contributed by atoms with Gasteiger partial charge in [0.25, 0.3) is 0 Å². The molecule has 1 aromatic rings. The topological polar surface area (TPSA) is 0 Å². The van der Waals surface area contributed by atoms with Crippen LogP contribution >= 0.6 is 0 Å². The maximum absolute atomic E-state index is 12.5. The molecule has 0 unspecified atom stereocenters. The van der Waals surface area contributed by atoms with Gasteiger partial charge in [0.1, 0.15) is 0 Å². The van der Waals surface area contributed by atoms with Crippen LogP contribution in [-0.2, 0) is 12.8 Å². The monoisotopic (exact) mass is 426 g/mol. The zero-order chi connectivity index (χ0) is 21.5. The molecule has 174 valence electrons. The number of alkyl halides is 1. The minimum atomic E-state index is -0.246. The molecule has 0 N–H and O–H groups in total. The van der Waals surface area contributed by atoms with Crippen LogP contribution in [0.15, 0.2) is 24.3 Å². The van der Waals surface area contributed by atoms with Gasteiger partial charge < -0.3 is 0 Å². The van der Waals surface area contributed by atoms with Crippen molar-refractivity contribution in [2.45, 2.75) is 110 Å². The minimum Gasteiger partial charge on any atom is -0.251 e. The summed E-state index contributed by atoms with van der Waals surface area (Å²) in [6.07, 6.45) is 22.7. The smallest absolute Gasteiger partial charge is 0.0934 e. The Balaban J connectivity index is 1.13. The summed E-state index contributed by atoms with van der Waals surface area (Å²) in [5.41, 5.74) is 2.58. The van der Waals surface area contributed by atoms with E-state index in [0.717, 1.165) is 41.1 Å². The first kappa shape index (κ1) is 23.3. The Morgan fingerprint density at radius 3 is 1.39 bits per heavy atom. The maximum atomic E-state index is 12.5. The van der Waals surface area contributed by atoms with E-state index in [1.165, 1.54) is 76.2 Å². The van der Waals surface area contributed by atoms with Crippen molar-refractivity contribution < 1.29 is 4.39 Å². The van der Waals surface area contributed by atoms with E-state index in [1.54, 1.807) is 25.7 Å². The van der Waals surface area contributed by atoms with Gasteiger partial charge in [-0.2, -0.15) is 0 Å². The Bertz CT molecular complexity index is 610. The van der Waals surface area contributed by atoms with E-state index in [1.807, 2.05) is 0 Å². The molecule has 0 nitrogen and oxygen atoms in total. The molecule has 3 aliphatic carbocycles. The van der Waals surface area contributed by atoms with Crippen molar-refractivity contribution in [3.05, 3.63) is 35.4 Å². The molecule has 0 amide bonds. The van der Waals surface area contributed by atoms with Gasteiger partial charge in [0, 0.05) is 6.42 Å². The van der Waals surface area contributed by atoms with Crippen LogP contribution < -0.4 is 0 Å². The van der Waals surface area contributed by atoms with Crippen LogP contribution in [0.1, 0.15) is 108 Å². The van der Waals surface area contributed by atoms with E-state index >= 15 is 0 Å². The summed E-state index contributed by atoms with van der Waals surface area (Å²) in [7, 11) is 0. The first-order valence-electron chi connectivity index (χ1n) is 13.9. The van der Waals surface area contributed by atoms with Crippen LogP contribution in [0, 0.1) is 35.5 Å². The van der Waals surface area contributed by atoms with Crippen LogP contribution in [0.4, 0.5) is 4.39 Å². The number of benzene rings is 1. The van der Waals surface area contributed by atoms with E-state index < -0.39 is 0 Å². The van der Waals surface area contributed by atoms with E-state index in [2.05, 4.69) is 31.2 Å². The van der Waals surface area contributed by atoms with Crippen LogP contribution in [0.25, 0.3) is 0 Å². The van der Waals surface area contributed by atoms with Crippen molar-refractivity contribution in [3.8, 4) is 0 Å². The highest BCUT2D eigenvalue weighted by Gasteiger charge is 2.34. The highest BCUT2D eigenvalue weighted by Crippen LogP contribution is 2.46. The third kappa shape index (κ3) is 6.58. The largest absolute Gasteiger partial charge is 0.251 e. The van der Waals surface area contributed by atoms with Crippen LogP contribution in [0.3, 0.4) is 0 Å². The summed E-state index contributed by atoms with van der Waals surface area (Å²) in [5.74, 6) is 6.21. The van der Waals surface area contributed by atoms with Gasteiger partial charge in [-0.3, -0.25) is 4.39 Å². The number of halogens is 1. The summed E-state index contributed by atoms with van der Waals surface area (Å²) in [6.45, 7) is 2.14. The molecule has 31 heavy (non-hydrogen) atoms. The average molecular weight is 427 g/mol. The standard InChI is InChI=1S/C30H47F/c1-2-23-9-13-27(14-10-23)29-17-19-30(20-18-29)28-15-11-25(12-16-28)4-3-24-5-7-26(8-6-24)21-22-31/h5-8,23,25,27-30H,2-4,9-22H2,1H3/t23-,25?,27-,28?,29?,30?. The normalized spacial score (nSPS) is 34.5. The molecular formula is C30H47F. The lowest BCUT2D eigenvalue weighted by molar-refractivity contribution is 0.103. The van der Waals surface area contributed by atoms with Gasteiger partial charge >= 0.3 is 0 Å². The Morgan fingerprint density at radius 1 is 0.581 bits per heavy atom. The first-order chi connectivity index (χ1) is 15.2. The summed E-state index contributed by atoms with van der Waals surface area (Å²) < 4.78 is 12.5. The lowest BCUT2D eigenvalue weighted by atomic mass is 9.64. The average Bonchev–Trinajstić information content (AvgIpc) is 2.84. The highest BCUT2D eigenvalue weighted by molar-refractivity contribution is 5.22. The zero-order valence-corrected chi connectivity index (χ0v) is 20.2. The molecular weight excluding hydrogens is 379 g/mol. The lowest BCUT2D eigenvalue weighted by Gasteiger charge is -2.41. The summed E-state index contributed by atoms with van der Waals surface area (Å²) in [6, 6.07) is 8.70. The first-order valence-corrected chi connectivity index (χ1v) is 13.9. The maximum Gasteiger partial charge on any atom is 0.0934 e. The van der Waals surface area contributed by atoms with E-state index in [4.69, 9.17) is 0 Å². The molecule has 0 bridgehead atoms. The summed E-state index contributed by atoms with van der Waals surface area (Å²) in [4.78, 5) is 0. The fourth-order valence-corrected chi connectivity index (χ4v) is 7.46. The Labute approximate surface area is 191 Å². The molecule has 0 saturated heterocycles. The fourth-order valence-electron chi connectivity index (χ4n) is 7.46. The molecule has 0 heterocycles. The van der Waals surface area contributed by atoms with Gasteiger partial charge in [0.15, 0.2) is 0 Å². The van der Waals surface area contributed by atoms with Gasteiger partial charge in [-0.1, -0.05) is 63.3 Å². The predicted octanol–water partition coefficient (Wildman–Crippen LogP) is 8.96. The second-order valence-electron chi connectivity index (χ2n) is 11.4. The molecule has 0 aromatic heterocycles. The second kappa shape index (κ2) is 11.9. The molecule has 3 saturated carbocycles. The molecule has 3 aliphatic rings. The van der Waals surface area contributed by atoms with Crippen molar-refractivity contribution in [3.63, 3.8) is 0 Å². The SMILES string of the molecule is CC[C@H]1CC[C@H](C2CCC(C3CCC(CCc4ccc(CCF)cc4)CC3)CC2)CC1. The number of aryl methyl sites for hydroxylation is 2. The third-order valence-electron chi connectivity index (χ3n) is 9.76. The van der Waals surface area contributed by atoms with Crippen molar-refractivity contribution in [1.82, 2.24) is 0 Å². The minimum absolute atomic E-state index is 0.246. The van der Waals surface area contributed by atoms with Crippen molar-refractivity contribution in [2.24, 2.45) is 35.5 Å². The molecule has 0 radical (unpaired) electrons. The quantitative estimate of drug-likeness (QED) is 0.389. The fraction of sp³-hybridized carbons (Fsp3) is 0.800. The summed E-state index contributed by atoms with van der Waals surface area (Å²) in [5, 5.41) is 0. The van der Waals surface area contributed by atoms with Crippen molar-refractivity contribution in [2.75, 3.05) is 6.67 Å². The molecule has 0 spiro atoms. The van der Waals surface area contributed by atoms with Gasteiger partial charge in [-0.05, 0) is 111 Å². The van der Waals surface area contributed by atoms with E-state index in [0.29, 0.717) is 6.42 Å². The van der Waals surface area contributed by atoms with Crippen molar-refractivity contribution >= 4 is 0 Å². The zero-order valence-electron chi connectivity index (χ0n) is 20.2. The van der Waals surface area contributed by atoms with Gasteiger partial charge in [-0.25, -0.2) is 0 Å². The Hall–Kier alpha value is -0.850.